The molecule has 4 rings (SSSR count). The van der Waals surface area contributed by atoms with Crippen LogP contribution >= 0.6 is 15.8 Å². The van der Waals surface area contributed by atoms with Gasteiger partial charge in [-0.2, -0.15) is 0 Å². The smallest absolute Gasteiger partial charge is 0.126 e. The predicted octanol–water partition coefficient (Wildman–Crippen LogP) is 5.65. The number of ether oxygens (including phenoxy) is 1. The van der Waals surface area contributed by atoms with E-state index in [1.165, 1.54) is 33.8 Å². The first-order valence-corrected chi connectivity index (χ1v) is 13.8. The van der Waals surface area contributed by atoms with E-state index in [1.54, 1.807) is 7.11 Å². The lowest BCUT2D eigenvalue weighted by Gasteiger charge is -2.23. The molecule has 1 nitrogen and oxygen atoms in total. The van der Waals surface area contributed by atoms with Crippen LogP contribution < -0.4 is 26.0 Å². The van der Waals surface area contributed by atoms with Gasteiger partial charge in [-0.05, 0) is 56.6 Å². The Kier molecular flexibility index (Phi) is 7.89. The molecule has 3 heteroatoms. The van der Waals surface area contributed by atoms with E-state index in [2.05, 4.69) is 115 Å². The van der Waals surface area contributed by atoms with Gasteiger partial charge < -0.3 is 4.74 Å². The fourth-order valence-electron chi connectivity index (χ4n) is 3.86. The van der Waals surface area contributed by atoms with Crippen LogP contribution in [0.5, 0.6) is 5.75 Å². The third kappa shape index (κ3) is 5.62. The third-order valence-corrected chi connectivity index (χ3v) is 10.6. The molecule has 4 aromatic rings. The highest BCUT2D eigenvalue weighted by Gasteiger charge is 2.19. The number of para-hydroxylation sites is 1. The highest BCUT2D eigenvalue weighted by atomic mass is 31.1. The summed E-state index contributed by atoms with van der Waals surface area (Å²) in [5.41, 5.74) is 0. The van der Waals surface area contributed by atoms with Gasteiger partial charge >= 0.3 is 0 Å². The van der Waals surface area contributed by atoms with Crippen molar-refractivity contribution in [3.05, 3.63) is 115 Å². The van der Waals surface area contributed by atoms with Gasteiger partial charge in [-0.3, -0.25) is 0 Å². The molecular formula is C28H28OP2. The van der Waals surface area contributed by atoms with E-state index in [-0.39, 0.29) is 7.92 Å². The van der Waals surface area contributed by atoms with E-state index in [0.717, 1.165) is 11.9 Å². The lowest BCUT2D eigenvalue weighted by Crippen LogP contribution is -2.18. The van der Waals surface area contributed by atoms with Gasteiger partial charge in [0.25, 0.3) is 0 Å². The molecule has 0 heterocycles. The van der Waals surface area contributed by atoms with Crippen LogP contribution in [0.1, 0.15) is 6.42 Å². The van der Waals surface area contributed by atoms with Gasteiger partial charge in [-0.15, -0.1) is 0 Å². The minimum atomic E-state index is -0.461. The van der Waals surface area contributed by atoms with Crippen molar-refractivity contribution in [3.63, 3.8) is 0 Å². The summed E-state index contributed by atoms with van der Waals surface area (Å²) >= 11 is 0. The highest BCUT2D eigenvalue weighted by molar-refractivity contribution is 7.74. The zero-order chi connectivity index (χ0) is 21.3. The van der Waals surface area contributed by atoms with Crippen LogP contribution in [0.4, 0.5) is 0 Å². The lowest BCUT2D eigenvalue weighted by molar-refractivity contribution is 0.418. The van der Waals surface area contributed by atoms with Crippen molar-refractivity contribution >= 4 is 37.1 Å². The molecule has 0 saturated heterocycles. The Morgan fingerprint density at radius 3 is 1.45 bits per heavy atom. The van der Waals surface area contributed by atoms with E-state index in [1.807, 2.05) is 0 Å². The van der Waals surface area contributed by atoms with Crippen LogP contribution in [-0.2, 0) is 0 Å². The molecular weight excluding hydrogens is 414 g/mol. The first kappa shape index (κ1) is 21.8. The molecule has 156 valence electrons. The van der Waals surface area contributed by atoms with Gasteiger partial charge in [0, 0.05) is 5.30 Å². The Labute approximate surface area is 188 Å². The normalized spacial score (nSPS) is 11.9. The molecule has 0 aliphatic carbocycles. The van der Waals surface area contributed by atoms with Crippen LogP contribution in [0, 0.1) is 0 Å². The van der Waals surface area contributed by atoms with Gasteiger partial charge in [-0.25, -0.2) is 0 Å². The van der Waals surface area contributed by atoms with Crippen molar-refractivity contribution in [2.75, 3.05) is 19.4 Å². The number of rotatable bonds is 9. The summed E-state index contributed by atoms with van der Waals surface area (Å²) in [6, 6.07) is 41.5. The maximum atomic E-state index is 5.73. The topological polar surface area (TPSA) is 9.23 Å². The predicted molar refractivity (Wildman–Crippen MR) is 139 cm³/mol. The van der Waals surface area contributed by atoms with Crippen molar-refractivity contribution < 1.29 is 4.74 Å². The maximum Gasteiger partial charge on any atom is 0.126 e. The Bertz CT molecular complexity index is 1010. The molecule has 0 spiro atoms. The Morgan fingerprint density at radius 1 is 0.516 bits per heavy atom. The average molecular weight is 442 g/mol. The molecule has 0 bridgehead atoms. The van der Waals surface area contributed by atoms with Crippen LogP contribution in [-0.4, -0.2) is 19.4 Å². The number of methoxy groups -OCH3 is 1. The van der Waals surface area contributed by atoms with Gasteiger partial charge in [0.15, 0.2) is 0 Å². The lowest BCUT2D eigenvalue weighted by atomic mass is 10.3. The third-order valence-electron chi connectivity index (χ3n) is 5.34. The average Bonchev–Trinajstić information content (AvgIpc) is 2.86. The van der Waals surface area contributed by atoms with Gasteiger partial charge in [0.1, 0.15) is 5.75 Å². The quantitative estimate of drug-likeness (QED) is 0.304. The highest BCUT2D eigenvalue weighted by Crippen LogP contribution is 2.41. The summed E-state index contributed by atoms with van der Waals surface area (Å²) in [6.45, 7) is 0. The molecule has 1 unspecified atom stereocenters. The van der Waals surface area contributed by atoms with E-state index in [9.17, 15) is 0 Å². The molecule has 0 aliphatic rings. The van der Waals surface area contributed by atoms with Crippen molar-refractivity contribution in [1.29, 1.82) is 0 Å². The number of benzene rings is 4. The second-order valence-corrected chi connectivity index (χ2v) is 12.0. The fourth-order valence-corrected chi connectivity index (χ4v) is 8.94. The zero-order valence-electron chi connectivity index (χ0n) is 17.9. The molecule has 0 saturated carbocycles. The Morgan fingerprint density at radius 2 is 0.935 bits per heavy atom. The van der Waals surface area contributed by atoms with Crippen LogP contribution in [0.2, 0.25) is 0 Å². The Balaban J connectivity index is 1.58. The molecule has 4 aromatic carbocycles. The molecule has 0 amide bonds. The molecule has 0 fully saturated rings. The molecule has 0 aromatic heterocycles. The number of hydrogen-bond acceptors (Lipinski definition) is 1. The fraction of sp³-hybridized carbons (Fsp3) is 0.143. The summed E-state index contributed by atoms with van der Waals surface area (Å²) in [6.07, 6.45) is 3.55. The molecule has 0 N–H and O–H groups in total. The minimum absolute atomic E-state index is 0.352. The van der Waals surface area contributed by atoms with E-state index in [4.69, 9.17) is 4.74 Å². The van der Waals surface area contributed by atoms with E-state index < -0.39 is 7.92 Å². The van der Waals surface area contributed by atoms with Crippen molar-refractivity contribution in [1.82, 2.24) is 0 Å². The summed E-state index contributed by atoms with van der Waals surface area (Å²) in [5.74, 6) is 1.01. The molecule has 31 heavy (non-hydrogen) atoms. The standard InChI is InChI=1S/C28H28OP2/c1-29-27-20-11-12-21-28(27)31(26-18-9-4-10-19-26)23-13-22-30(24-14-5-2-6-15-24)25-16-7-3-8-17-25/h2-12,14-21H,13,22-23H2,1H3. The largest absolute Gasteiger partial charge is 0.496 e. The molecule has 0 radical (unpaired) electrons. The van der Waals surface area contributed by atoms with E-state index in [0.29, 0.717) is 0 Å². The minimum Gasteiger partial charge on any atom is -0.496 e. The van der Waals surface area contributed by atoms with Gasteiger partial charge in [0.05, 0.1) is 7.11 Å². The second kappa shape index (κ2) is 11.2. The molecule has 1 atom stereocenters. The van der Waals surface area contributed by atoms with Crippen LogP contribution in [0.25, 0.3) is 0 Å². The monoisotopic (exact) mass is 442 g/mol. The van der Waals surface area contributed by atoms with Crippen LogP contribution in [0.15, 0.2) is 115 Å². The zero-order valence-corrected chi connectivity index (χ0v) is 19.7. The summed E-state index contributed by atoms with van der Waals surface area (Å²) in [7, 11) is 0.967. The van der Waals surface area contributed by atoms with Crippen molar-refractivity contribution in [2.24, 2.45) is 0 Å². The summed E-state index contributed by atoms with van der Waals surface area (Å²) < 4.78 is 5.73. The van der Waals surface area contributed by atoms with Crippen molar-refractivity contribution in [2.45, 2.75) is 6.42 Å². The molecule has 0 aliphatic heterocycles. The second-order valence-electron chi connectivity index (χ2n) is 7.34. The summed E-state index contributed by atoms with van der Waals surface area (Å²) in [4.78, 5) is 0. The first-order valence-electron chi connectivity index (χ1n) is 10.7. The van der Waals surface area contributed by atoms with E-state index >= 15 is 0 Å². The SMILES string of the molecule is COc1ccccc1P(CCCP(c1ccccc1)c1ccccc1)c1ccccc1. The number of hydrogen-bond donors (Lipinski definition) is 0. The maximum absolute atomic E-state index is 5.73. The summed E-state index contributed by atoms with van der Waals surface area (Å²) in [5, 5.41) is 5.69. The van der Waals surface area contributed by atoms with Gasteiger partial charge in [0.2, 0.25) is 0 Å². The van der Waals surface area contributed by atoms with Gasteiger partial charge in [-0.1, -0.05) is 109 Å². The Hall–Kier alpha value is -2.46. The van der Waals surface area contributed by atoms with Crippen molar-refractivity contribution in [3.8, 4) is 5.75 Å². The first-order chi connectivity index (χ1) is 15.4. The van der Waals surface area contributed by atoms with Crippen LogP contribution in [0.3, 0.4) is 0 Å².